The van der Waals surface area contributed by atoms with Crippen LogP contribution >= 0.6 is 0 Å². The van der Waals surface area contributed by atoms with Crippen LogP contribution in [0.2, 0.25) is 0 Å². The molecule has 6 heteroatoms. The fourth-order valence-corrected chi connectivity index (χ4v) is 1.21. The second kappa shape index (κ2) is 5.89. The van der Waals surface area contributed by atoms with Gasteiger partial charge in [0, 0.05) is 0 Å². The third kappa shape index (κ3) is 3.48. The molecule has 0 amide bonds. The van der Waals surface area contributed by atoms with Gasteiger partial charge in [-0.05, 0) is 0 Å². The van der Waals surface area contributed by atoms with Gasteiger partial charge in [0.1, 0.15) is 0 Å². The molecule has 0 saturated heterocycles. The molecule has 0 heterocycles. The monoisotopic (exact) mass is 305 g/mol. The first-order valence-corrected chi connectivity index (χ1v) is 5.48. The summed E-state index contributed by atoms with van der Waals surface area (Å²) >= 11 is 0.543. The third-order valence-electron chi connectivity index (χ3n) is 1.49. The molecule has 0 atom stereocenters. The van der Waals surface area contributed by atoms with Gasteiger partial charge < -0.3 is 0 Å². The summed E-state index contributed by atoms with van der Waals surface area (Å²) < 4.78 is 1.31. The van der Waals surface area contributed by atoms with E-state index in [0.29, 0.717) is 28.5 Å². The van der Waals surface area contributed by atoms with Gasteiger partial charge >= 0.3 is 101 Å². The Morgan fingerprint density at radius 2 is 2.00 bits per heavy atom. The number of nitrogens with one attached hydrogen (secondary N) is 1. The minimum atomic E-state index is 0.258. The summed E-state index contributed by atoms with van der Waals surface area (Å²) in [5.41, 5.74) is 0.699. The third-order valence-corrected chi connectivity index (χ3v) is 2.52. The van der Waals surface area contributed by atoms with E-state index in [1.54, 1.807) is 18.3 Å². The Labute approximate surface area is 101 Å². The maximum atomic E-state index is 8.69. The number of aliphatic imine (C=N–C) groups is 1. The first kappa shape index (κ1) is 11.3. The van der Waals surface area contributed by atoms with Gasteiger partial charge in [-0.1, -0.05) is 0 Å². The standard InChI is InChI=1S/C9H6N5.Sn.H/c10-6-12-9(13-7-11)14-8-4-2-1-3-5-8;;/h1-5H,(H-,12,13,14);;/q-1;+1;. The zero-order valence-corrected chi connectivity index (χ0v) is 11.0. The summed E-state index contributed by atoms with van der Waals surface area (Å²) in [7, 11) is 0. The van der Waals surface area contributed by atoms with Crippen LogP contribution in [0, 0.1) is 22.9 Å². The van der Waals surface area contributed by atoms with Crippen LogP contribution in [-0.4, -0.2) is 31.9 Å². The fourth-order valence-electron chi connectivity index (χ4n) is 0.864. The Balaban J connectivity index is 2.96. The van der Waals surface area contributed by atoms with Crippen LogP contribution in [0.25, 0.3) is 0 Å². The molecule has 0 fully saturated rings. The van der Waals surface area contributed by atoms with Gasteiger partial charge in [0.15, 0.2) is 0 Å². The van der Waals surface area contributed by atoms with Crippen molar-refractivity contribution in [3.05, 3.63) is 30.3 Å². The fraction of sp³-hybridized carbons (Fsp3) is 0. The Morgan fingerprint density at radius 3 is 2.53 bits per heavy atom. The Hall–Kier alpha value is -1.73. The molecule has 0 bridgehead atoms. The Morgan fingerprint density at radius 1 is 1.33 bits per heavy atom. The van der Waals surface area contributed by atoms with E-state index in [2.05, 4.69) is 10.3 Å². The van der Waals surface area contributed by atoms with E-state index < -0.39 is 0 Å². The average molecular weight is 304 g/mol. The molecule has 1 N–H and O–H groups in total. The van der Waals surface area contributed by atoms with Gasteiger partial charge in [-0.15, -0.1) is 0 Å². The van der Waals surface area contributed by atoms with E-state index >= 15 is 0 Å². The van der Waals surface area contributed by atoms with Crippen molar-refractivity contribution in [3.8, 4) is 12.4 Å². The summed E-state index contributed by atoms with van der Waals surface area (Å²) in [6.45, 7) is 0. The molecule has 2 radical (unpaired) electrons. The van der Waals surface area contributed by atoms with Gasteiger partial charge in [0.2, 0.25) is 0 Å². The van der Waals surface area contributed by atoms with Crippen molar-refractivity contribution < 1.29 is 0 Å². The zero-order chi connectivity index (χ0) is 11.1. The molecular weight excluding hydrogens is 297 g/mol. The summed E-state index contributed by atoms with van der Waals surface area (Å²) in [4.78, 5) is 4.14. The van der Waals surface area contributed by atoms with Crippen LogP contribution in [0.5, 0.6) is 0 Å². The van der Waals surface area contributed by atoms with Crippen molar-refractivity contribution in [2.45, 2.75) is 0 Å². The van der Waals surface area contributed by atoms with Crippen molar-refractivity contribution in [1.29, 1.82) is 10.5 Å². The molecule has 0 saturated carbocycles. The SMILES string of the molecule is N#CNC(=Nc1ccccc1)[N]([SnH])C#N. The molecule has 0 unspecified atom stereocenters. The van der Waals surface area contributed by atoms with Gasteiger partial charge in [-0.25, -0.2) is 0 Å². The summed E-state index contributed by atoms with van der Waals surface area (Å²) in [5.74, 6) is 0.258. The van der Waals surface area contributed by atoms with Crippen LogP contribution < -0.4 is 5.32 Å². The van der Waals surface area contributed by atoms with Crippen LogP contribution in [0.15, 0.2) is 35.3 Å². The Kier molecular flexibility index (Phi) is 4.45. The molecular formula is C9H7N5Sn. The summed E-state index contributed by atoms with van der Waals surface area (Å²) in [6.07, 6.45) is 3.67. The van der Waals surface area contributed by atoms with E-state index in [4.69, 9.17) is 10.5 Å². The summed E-state index contributed by atoms with van der Waals surface area (Å²) in [5, 5.41) is 19.6. The zero-order valence-electron chi connectivity index (χ0n) is 7.75. The van der Waals surface area contributed by atoms with Crippen LogP contribution in [-0.2, 0) is 0 Å². The predicted molar refractivity (Wildman–Crippen MR) is 56.9 cm³/mol. The van der Waals surface area contributed by atoms with Crippen LogP contribution in [0.4, 0.5) is 5.69 Å². The first-order valence-electron chi connectivity index (χ1n) is 4.01. The van der Waals surface area contributed by atoms with E-state index in [-0.39, 0.29) is 5.96 Å². The number of hydrogen-bond acceptors (Lipinski definition) is 3. The molecule has 15 heavy (non-hydrogen) atoms. The van der Waals surface area contributed by atoms with Crippen LogP contribution in [0.1, 0.15) is 0 Å². The number of rotatable bonds is 1. The number of para-hydroxylation sites is 1. The van der Waals surface area contributed by atoms with Crippen molar-refractivity contribution in [2.75, 3.05) is 0 Å². The molecule has 0 aromatic heterocycles. The molecule has 0 spiro atoms. The molecule has 1 aromatic carbocycles. The number of benzene rings is 1. The summed E-state index contributed by atoms with van der Waals surface area (Å²) in [6, 6.07) is 9.14. The molecule has 5 nitrogen and oxygen atoms in total. The van der Waals surface area contributed by atoms with E-state index in [1.807, 2.05) is 24.4 Å². The van der Waals surface area contributed by atoms with Crippen molar-refractivity contribution in [2.24, 2.45) is 4.99 Å². The number of guanidine groups is 1. The molecule has 1 aromatic rings. The first-order chi connectivity index (χ1) is 7.27. The van der Waals surface area contributed by atoms with Crippen LogP contribution in [0.3, 0.4) is 0 Å². The second-order valence-corrected chi connectivity index (χ2v) is 3.95. The van der Waals surface area contributed by atoms with E-state index in [0.717, 1.165) is 0 Å². The molecule has 0 aliphatic heterocycles. The Bertz CT molecular complexity index is 428. The molecule has 72 valence electrons. The molecule has 0 aliphatic rings. The van der Waals surface area contributed by atoms with Gasteiger partial charge in [0.25, 0.3) is 0 Å². The number of nitriles is 2. The number of hydrogen-bond donors (Lipinski definition) is 1. The van der Waals surface area contributed by atoms with E-state index in [9.17, 15) is 0 Å². The van der Waals surface area contributed by atoms with Gasteiger partial charge in [0.05, 0.1) is 0 Å². The van der Waals surface area contributed by atoms with Gasteiger partial charge in [-0.3, -0.25) is 0 Å². The van der Waals surface area contributed by atoms with Crippen molar-refractivity contribution in [3.63, 3.8) is 0 Å². The molecule has 1 rings (SSSR count). The topological polar surface area (TPSA) is 75.2 Å². The normalized spacial score (nSPS) is 9.93. The predicted octanol–water partition coefficient (Wildman–Crippen LogP) is 0.344. The minimum absolute atomic E-state index is 0.258. The van der Waals surface area contributed by atoms with Crippen molar-refractivity contribution >= 4 is 34.4 Å². The van der Waals surface area contributed by atoms with E-state index in [1.165, 1.54) is 3.12 Å². The second-order valence-electron chi connectivity index (χ2n) is 2.48. The average Bonchev–Trinajstić information content (AvgIpc) is 2.29. The maximum absolute atomic E-state index is 8.69. The van der Waals surface area contributed by atoms with Crippen molar-refractivity contribution in [1.82, 2.24) is 8.44 Å². The quantitative estimate of drug-likeness (QED) is 0.267. The molecule has 0 aliphatic carbocycles. The number of nitrogens with zero attached hydrogens (tertiary/aromatic N) is 4. The van der Waals surface area contributed by atoms with Gasteiger partial charge in [-0.2, -0.15) is 0 Å².